The van der Waals surface area contributed by atoms with Crippen molar-refractivity contribution in [1.29, 1.82) is 0 Å². The Morgan fingerprint density at radius 2 is 1.94 bits per heavy atom. The largest absolute Gasteiger partial charge is 0.423 e. The van der Waals surface area contributed by atoms with E-state index in [1.54, 1.807) is 30.3 Å². The van der Waals surface area contributed by atoms with Gasteiger partial charge < -0.3 is 4.74 Å². The van der Waals surface area contributed by atoms with Gasteiger partial charge in [-0.15, -0.1) is 0 Å². The maximum absolute atomic E-state index is 11.7. The van der Waals surface area contributed by atoms with Crippen molar-refractivity contribution in [2.45, 2.75) is 6.92 Å². The average molecular weight is 211 g/mol. The summed E-state index contributed by atoms with van der Waals surface area (Å²) in [7, 11) is 0. The first-order valence-corrected chi connectivity index (χ1v) is 5.01. The summed E-state index contributed by atoms with van der Waals surface area (Å²) in [5.74, 6) is 0.238. The molecule has 0 saturated carbocycles. The monoisotopic (exact) mass is 211 g/mol. The van der Waals surface area contributed by atoms with Crippen LogP contribution in [0.1, 0.15) is 15.9 Å². The molecule has 0 aromatic heterocycles. The summed E-state index contributed by atoms with van der Waals surface area (Å²) in [5, 5.41) is 0. The van der Waals surface area contributed by atoms with Crippen LogP contribution in [0.4, 0.5) is 0 Å². The molecule has 0 atom stereocenters. The molecule has 0 fully saturated rings. The van der Waals surface area contributed by atoms with E-state index in [4.69, 9.17) is 4.74 Å². The lowest BCUT2D eigenvalue weighted by molar-refractivity contribution is 0.0733. The van der Waals surface area contributed by atoms with Gasteiger partial charge in [-0.25, -0.2) is 4.79 Å². The highest BCUT2D eigenvalue weighted by molar-refractivity contribution is 5.91. The molecular formula is C14H11O2. The van der Waals surface area contributed by atoms with Crippen molar-refractivity contribution in [3.05, 3.63) is 65.7 Å². The van der Waals surface area contributed by atoms with E-state index < -0.39 is 0 Å². The molecule has 2 aromatic carbocycles. The van der Waals surface area contributed by atoms with Crippen LogP contribution in [0.15, 0.2) is 48.5 Å². The van der Waals surface area contributed by atoms with Gasteiger partial charge in [-0.05, 0) is 42.8 Å². The van der Waals surface area contributed by atoms with E-state index in [9.17, 15) is 4.79 Å². The van der Waals surface area contributed by atoms with E-state index in [0.29, 0.717) is 11.3 Å². The van der Waals surface area contributed by atoms with Crippen molar-refractivity contribution in [3.8, 4) is 5.75 Å². The second-order valence-corrected chi connectivity index (χ2v) is 3.45. The van der Waals surface area contributed by atoms with Crippen molar-refractivity contribution in [2.75, 3.05) is 0 Å². The Kier molecular flexibility index (Phi) is 3.01. The van der Waals surface area contributed by atoms with Crippen LogP contribution in [0.5, 0.6) is 5.75 Å². The SMILES string of the molecule is Cc1c[c]ccc1OC(=O)c1ccccc1. The summed E-state index contributed by atoms with van der Waals surface area (Å²) in [5.41, 5.74) is 1.45. The molecule has 0 aliphatic rings. The Morgan fingerprint density at radius 1 is 1.19 bits per heavy atom. The Labute approximate surface area is 94.5 Å². The normalized spacial score (nSPS) is 9.81. The summed E-state index contributed by atoms with van der Waals surface area (Å²) in [6, 6.07) is 17.1. The standard InChI is InChI=1S/C14H11O2/c1-11-7-5-6-10-13(11)16-14(15)12-8-3-2-4-9-12/h2-4,6-10H,1H3. The lowest BCUT2D eigenvalue weighted by atomic mass is 10.2. The highest BCUT2D eigenvalue weighted by Crippen LogP contribution is 2.17. The zero-order valence-electron chi connectivity index (χ0n) is 8.94. The van der Waals surface area contributed by atoms with Crippen LogP contribution in [0.2, 0.25) is 0 Å². The van der Waals surface area contributed by atoms with E-state index >= 15 is 0 Å². The number of carbonyl (C=O) groups is 1. The van der Waals surface area contributed by atoms with Gasteiger partial charge in [0.05, 0.1) is 5.56 Å². The van der Waals surface area contributed by atoms with Gasteiger partial charge in [-0.3, -0.25) is 0 Å². The quantitative estimate of drug-likeness (QED) is 0.563. The summed E-state index contributed by atoms with van der Waals surface area (Å²) in [6.07, 6.45) is 0. The van der Waals surface area contributed by atoms with Crippen LogP contribution >= 0.6 is 0 Å². The van der Waals surface area contributed by atoms with Crippen molar-refractivity contribution in [1.82, 2.24) is 0 Å². The van der Waals surface area contributed by atoms with Crippen LogP contribution < -0.4 is 4.74 Å². The van der Waals surface area contributed by atoms with E-state index in [1.165, 1.54) is 0 Å². The first-order valence-electron chi connectivity index (χ1n) is 5.01. The van der Waals surface area contributed by atoms with Crippen molar-refractivity contribution >= 4 is 5.97 Å². The topological polar surface area (TPSA) is 26.3 Å². The van der Waals surface area contributed by atoms with E-state index in [0.717, 1.165) is 5.56 Å². The third-order valence-electron chi connectivity index (χ3n) is 2.23. The molecule has 16 heavy (non-hydrogen) atoms. The Bertz CT molecular complexity index is 489. The average Bonchev–Trinajstić information content (AvgIpc) is 2.33. The molecule has 2 rings (SSSR count). The smallest absolute Gasteiger partial charge is 0.343 e. The summed E-state index contributed by atoms with van der Waals surface area (Å²) < 4.78 is 5.27. The van der Waals surface area contributed by atoms with E-state index in [1.807, 2.05) is 25.1 Å². The second kappa shape index (κ2) is 4.62. The van der Waals surface area contributed by atoms with E-state index in [-0.39, 0.29) is 5.97 Å². The number of esters is 1. The molecule has 0 amide bonds. The van der Waals surface area contributed by atoms with Crippen molar-refractivity contribution < 1.29 is 9.53 Å². The molecule has 0 N–H and O–H groups in total. The van der Waals surface area contributed by atoms with Crippen molar-refractivity contribution in [2.24, 2.45) is 0 Å². The highest BCUT2D eigenvalue weighted by atomic mass is 16.5. The Morgan fingerprint density at radius 3 is 2.62 bits per heavy atom. The number of benzene rings is 2. The zero-order chi connectivity index (χ0) is 11.4. The first-order chi connectivity index (χ1) is 7.77. The van der Waals surface area contributed by atoms with Gasteiger partial charge in [0.1, 0.15) is 5.75 Å². The maximum Gasteiger partial charge on any atom is 0.343 e. The van der Waals surface area contributed by atoms with Gasteiger partial charge in [-0.1, -0.05) is 24.3 Å². The van der Waals surface area contributed by atoms with Crippen molar-refractivity contribution in [3.63, 3.8) is 0 Å². The summed E-state index contributed by atoms with van der Waals surface area (Å²) >= 11 is 0. The minimum Gasteiger partial charge on any atom is -0.423 e. The van der Waals surface area contributed by atoms with Gasteiger partial charge in [0.2, 0.25) is 0 Å². The molecule has 0 heterocycles. The summed E-state index contributed by atoms with van der Waals surface area (Å²) in [6.45, 7) is 1.88. The third-order valence-corrected chi connectivity index (χ3v) is 2.23. The first kappa shape index (κ1) is 10.4. The number of aryl methyl sites for hydroxylation is 1. The van der Waals surface area contributed by atoms with Crippen LogP contribution in [-0.4, -0.2) is 5.97 Å². The van der Waals surface area contributed by atoms with Gasteiger partial charge >= 0.3 is 5.97 Å². The molecule has 79 valence electrons. The second-order valence-electron chi connectivity index (χ2n) is 3.45. The fourth-order valence-corrected chi connectivity index (χ4v) is 1.35. The third kappa shape index (κ3) is 2.28. The predicted molar refractivity (Wildman–Crippen MR) is 61.4 cm³/mol. The molecular weight excluding hydrogens is 200 g/mol. The van der Waals surface area contributed by atoms with Gasteiger partial charge in [0, 0.05) is 0 Å². The molecule has 0 unspecified atom stereocenters. The number of rotatable bonds is 2. The van der Waals surface area contributed by atoms with Crippen LogP contribution in [0, 0.1) is 13.0 Å². The van der Waals surface area contributed by atoms with Crippen LogP contribution in [0.25, 0.3) is 0 Å². The summed E-state index contributed by atoms with van der Waals surface area (Å²) in [4.78, 5) is 11.7. The fourth-order valence-electron chi connectivity index (χ4n) is 1.35. The molecule has 2 heteroatoms. The van der Waals surface area contributed by atoms with Crippen LogP contribution in [0.3, 0.4) is 0 Å². The van der Waals surface area contributed by atoms with E-state index in [2.05, 4.69) is 6.07 Å². The Balaban J connectivity index is 2.18. The number of carbonyl (C=O) groups excluding carboxylic acids is 1. The minimum absolute atomic E-state index is 0.338. The number of ether oxygens (including phenoxy) is 1. The lowest BCUT2D eigenvalue weighted by Crippen LogP contribution is -2.08. The maximum atomic E-state index is 11.7. The van der Waals surface area contributed by atoms with Crippen LogP contribution in [-0.2, 0) is 0 Å². The highest BCUT2D eigenvalue weighted by Gasteiger charge is 2.08. The molecule has 2 nitrogen and oxygen atoms in total. The minimum atomic E-state index is -0.338. The predicted octanol–water partition coefficient (Wildman–Crippen LogP) is 3.01. The molecule has 0 aliphatic carbocycles. The Hall–Kier alpha value is -2.09. The molecule has 2 aromatic rings. The van der Waals surface area contributed by atoms with Gasteiger partial charge in [-0.2, -0.15) is 0 Å². The zero-order valence-corrected chi connectivity index (χ0v) is 8.94. The lowest BCUT2D eigenvalue weighted by Gasteiger charge is -2.06. The number of hydrogen-bond donors (Lipinski definition) is 0. The molecule has 1 radical (unpaired) electrons. The van der Waals surface area contributed by atoms with Gasteiger partial charge in [0.25, 0.3) is 0 Å². The number of hydrogen-bond acceptors (Lipinski definition) is 2. The molecule has 0 spiro atoms. The molecule has 0 aliphatic heterocycles. The van der Waals surface area contributed by atoms with Gasteiger partial charge in [0.15, 0.2) is 0 Å². The fraction of sp³-hybridized carbons (Fsp3) is 0.0714. The molecule has 0 saturated heterocycles. The molecule has 0 bridgehead atoms.